The van der Waals surface area contributed by atoms with Gasteiger partial charge in [0.1, 0.15) is 17.0 Å². The number of nitrogens with zero attached hydrogens (tertiary/aromatic N) is 4. The van der Waals surface area contributed by atoms with E-state index in [-0.39, 0.29) is 0 Å². The van der Waals surface area contributed by atoms with Gasteiger partial charge < -0.3 is 4.40 Å². The molecule has 0 N–H and O–H groups in total. The van der Waals surface area contributed by atoms with Crippen molar-refractivity contribution in [3.63, 3.8) is 0 Å². The molecule has 3 heterocycles. The Kier molecular flexibility index (Phi) is 4.42. The fourth-order valence-corrected chi connectivity index (χ4v) is 7.10. The van der Waals surface area contributed by atoms with Crippen LogP contribution < -0.4 is 0 Å². The summed E-state index contributed by atoms with van der Waals surface area (Å²) in [5.74, 6) is 0. The summed E-state index contributed by atoms with van der Waals surface area (Å²) in [6, 6.07) is 39.7. The number of hydrogen-bond donors (Lipinski definition) is 0. The van der Waals surface area contributed by atoms with Gasteiger partial charge in [0.2, 0.25) is 0 Å². The Morgan fingerprint density at radius 1 is 0.442 bits per heavy atom. The minimum absolute atomic E-state index is 0.756. The van der Waals surface area contributed by atoms with Crippen LogP contribution >= 0.6 is 0 Å². The summed E-state index contributed by atoms with van der Waals surface area (Å²) in [7, 11) is 0. The van der Waals surface area contributed by atoms with Crippen LogP contribution in [0.3, 0.4) is 0 Å². The third-order valence-electron chi connectivity index (χ3n) is 9.00. The first-order valence-electron chi connectivity index (χ1n) is 14.5. The number of fused-ring (bicyclic) bond motifs is 3. The number of hydrogen-bond acceptors (Lipinski definition) is 3. The van der Waals surface area contributed by atoms with Crippen LogP contribution in [0, 0.1) is 0 Å². The highest BCUT2D eigenvalue weighted by molar-refractivity contribution is 6.37. The molecule has 10 rings (SSSR count). The molecule has 0 spiro atoms. The molecule has 0 aliphatic rings. The fourth-order valence-electron chi connectivity index (χ4n) is 7.10. The Labute approximate surface area is 245 Å². The van der Waals surface area contributed by atoms with Gasteiger partial charge in [0, 0.05) is 18.0 Å². The quantitative estimate of drug-likeness (QED) is 0.203. The zero-order valence-corrected chi connectivity index (χ0v) is 23.0. The lowest BCUT2D eigenvalue weighted by atomic mass is 9.87. The normalized spacial score (nSPS) is 12.2. The van der Waals surface area contributed by atoms with Crippen LogP contribution in [-0.2, 0) is 0 Å². The Morgan fingerprint density at radius 3 is 1.65 bits per heavy atom. The second kappa shape index (κ2) is 8.34. The molecule has 43 heavy (non-hydrogen) atoms. The molecule has 0 saturated heterocycles. The maximum absolute atomic E-state index is 4.91. The van der Waals surface area contributed by atoms with E-state index in [1.54, 1.807) is 0 Å². The molecule has 0 aliphatic carbocycles. The molecule has 0 fully saturated rings. The average molecular weight is 547 g/mol. The molecular formula is C39H22N4. The molecular weight excluding hydrogens is 524 g/mol. The van der Waals surface area contributed by atoms with Gasteiger partial charge in [0.25, 0.3) is 0 Å². The lowest BCUT2D eigenvalue weighted by molar-refractivity contribution is 1.18. The van der Waals surface area contributed by atoms with Gasteiger partial charge in [-0.05, 0) is 88.9 Å². The highest BCUT2D eigenvalue weighted by Crippen LogP contribution is 2.44. The molecule has 4 heteroatoms. The van der Waals surface area contributed by atoms with Crippen LogP contribution in [0.4, 0.5) is 0 Å². The summed E-state index contributed by atoms with van der Waals surface area (Å²) in [5, 5.41) is 15.2. The second-order valence-electron chi connectivity index (χ2n) is 11.3. The SMILES string of the molecule is c1cc2ccc3cccc4c5cc(-c6cnc(-c7cn8ccccc8n7)cn6)cc6ccc7cccc(c(c1)c2c34)c7c65. The zero-order chi connectivity index (χ0) is 28.1. The summed E-state index contributed by atoms with van der Waals surface area (Å²) in [5.41, 5.74) is 4.34. The summed E-state index contributed by atoms with van der Waals surface area (Å²) in [4.78, 5) is 14.4. The summed E-state index contributed by atoms with van der Waals surface area (Å²) in [6.45, 7) is 0. The topological polar surface area (TPSA) is 43.1 Å². The number of benzene rings is 6. The number of aromatic nitrogens is 4. The average Bonchev–Trinajstić information content (AvgIpc) is 3.51. The maximum atomic E-state index is 4.91. The van der Waals surface area contributed by atoms with Crippen molar-refractivity contribution in [2.45, 2.75) is 0 Å². The standard InChI is InChI=1S/C39H22N4/c1-2-17-43-22-34(42-35(43)12-1)33-21-40-32(20-41-33)27-18-26-16-15-25-7-4-10-29-28-9-3-6-23-13-14-24-8-5-11-30(38(24)36(23)28)31(19-27)39(26)37(25)29/h1-22H. The molecule has 0 unspecified atom stereocenters. The van der Waals surface area contributed by atoms with E-state index in [9.17, 15) is 0 Å². The first-order chi connectivity index (χ1) is 21.3. The molecule has 4 nitrogen and oxygen atoms in total. The lowest BCUT2D eigenvalue weighted by Gasteiger charge is -2.16. The lowest BCUT2D eigenvalue weighted by Crippen LogP contribution is -1.92. The van der Waals surface area contributed by atoms with Crippen molar-refractivity contribution < 1.29 is 0 Å². The number of rotatable bonds is 2. The van der Waals surface area contributed by atoms with Gasteiger partial charge in [-0.25, -0.2) is 4.98 Å². The maximum Gasteiger partial charge on any atom is 0.137 e. The minimum Gasteiger partial charge on any atom is -0.306 e. The van der Waals surface area contributed by atoms with Crippen LogP contribution in [0.1, 0.15) is 0 Å². The van der Waals surface area contributed by atoms with Crippen molar-refractivity contribution in [3.05, 3.63) is 134 Å². The van der Waals surface area contributed by atoms with Crippen molar-refractivity contribution in [1.82, 2.24) is 19.4 Å². The van der Waals surface area contributed by atoms with Crippen molar-refractivity contribution in [2.75, 3.05) is 0 Å². The molecule has 0 aliphatic heterocycles. The summed E-state index contributed by atoms with van der Waals surface area (Å²) >= 11 is 0. The number of pyridine rings is 1. The van der Waals surface area contributed by atoms with E-state index in [1.165, 1.54) is 64.6 Å². The second-order valence-corrected chi connectivity index (χ2v) is 11.3. The first-order valence-corrected chi connectivity index (χ1v) is 14.5. The Hall–Kier alpha value is -5.87. The van der Waals surface area contributed by atoms with Crippen LogP contribution in [-0.4, -0.2) is 19.4 Å². The van der Waals surface area contributed by atoms with Crippen LogP contribution in [0.15, 0.2) is 134 Å². The van der Waals surface area contributed by atoms with Gasteiger partial charge in [0.15, 0.2) is 0 Å². The third-order valence-corrected chi connectivity index (χ3v) is 9.00. The van der Waals surface area contributed by atoms with Gasteiger partial charge in [-0.2, -0.15) is 0 Å². The van der Waals surface area contributed by atoms with E-state index in [0.717, 1.165) is 28.3 Å². The van der Waals surface area contributed by atoms with E-state index >= 15 is 0 Å². The fraction of sp³-hybridized carbons (Fsp3) is 0. The third kappa shape index (κ3) is 3.18. The Balaban J connectivity index is 1.31. The van der Waals surface area contributed by atoms with Gasteiger partial charge in [-0.1, -0.05) is 84.9 Å². The molecule has 198 valence electrons. The molecule has 0 amide bonds. The Morgan fingerprint density at radius 2 is 1.02 bits per heavy atom. The van der Waals surface area contributed by atoms with E-state index in [4.69, 9.17) is 15.0 Å². The highest BCUT2D eigenvalue weighted by Gasteiger charge is 2.16. The minimum atomic E-state index is 0.756. The van der Waals surface area contributed by atoms with Crippen molar-refractivity contribution in [3.8, 4) is 22.6 Å². The van der Waals surface area contributed by atoms with Crippen molar-refractivity contribution >= 4 is 70.3 Å². The molecule has 10 aromatic rings. The molecule has 7 aromatic carbocycles. The van der Waals surface area contributed by atoms with Crippen molar-refractivity contribution in [2.24, 2.45) is 0 Å². The van der Waals surface area contributed by atoms with Crippen molar-refractivity contribution in [1.29, 1.82) is 0 Å². The van der Waals surface area contributed by atoms with Gasteiger partial charge in [-0.3, -0.25) is 9.97 Å². The zero-order valence-electron chi connectivity index (χ0n) is 23.0. The van der Waals surface area contributed by atoms with Crippen LogP contribution in [0.5, 0.6) is 0 Å². The van der Waals surface area contributed by atoms with E-state index in [0.29, 0.717) is 0 Å². The highest BCUT2D eigenvalue weighted by atomic mass is 15.0. The van der Waals surface area contributed by atoms with Gasteiger partial charge in [-0.15, -0.1) is 0 Å². The van der Waals surface area contributed by atoms with Gasteiger partial charge in [0.05, 0.1) is 18.1 Å². The predicted octanol–water partition coefficient (Wildman–Crippen LogP) is 9.82. The predicted molar refractivity (Wildman–Crippen MR) is 178 cm³/mol. The van der Waals surface area contributed by atoms with E-state index in [1.807, 2.05) is 47.4 Å². The molecule has 0 radical (unpaired) electrons. The van der Waals surface area contributed by atoms with Crippen LogP contribution in [0.25, 0.3) is 92.9 Å². The molecule has 0 saturated carbocycles. The molecule has 3 aromatic heterocycles. The van der Waals surface area contributed by atoms with E-state index < -0.39 is 0 Å². The number of imidazole rings is 1. The van der Waals surface area contributed by atoms with Crippen LogP contribution in [0.2, 0.25) is 0 Å². The van der Waals surface area contributed by atoms with Gasteiger partial charge >= 0.3 is 0 Å². The largest absolute Gasteiger partial charge is 0.306 e. The summed E-state index contributed by atoms with van der Waals surface area (Å²) < 4.78 is 2.00. The Bertz CT molecular complexity index is 2680. The molecule has 0 atom stereocenters. The molecule has 0 bridgehead atoms. The summed E-state index contributed by atoms with van der Waals surface area (Å²) in [6.07, 6.45) is 7.70. The first kappa shape index (κ1) is 22.8. The monoisotopic (exact) mass is 546 g/mol. The van der Waals surface area contributed by atoms with E-state index in [2.05, 4.69) is 91.0 Å². The smallest absolute Gasteiger partial charge is 0.137 e.